The van der Waals surface area contributed by atoms with Crippen molar-refractivity contribution in [2.24, 2.45) is 28.6 Å². The second-order valence-electron chi connectivity index (χ2n) is 13.8. The number of carbonyl (C=O) groups is 2. The molecular formula is C36H46N2O5. The van der Waals surface area contributed by atoms with E-state index in [2.05, 4.69) is 47.7 Å². The summed E-state index contributed by atoms with van der Waals surface area (Å²) >= 11 is 0. The van der Waals surface area contributed by atoms with Crippen molar-refractivity contribution in [1.29, 1.82) is 0 Å². The van der Waals surface area contributed by atoms with Gasteiger partial charge in [-0.15, -0.1) is 0 Å². The average molecular weight is 587 g/mol. The summed E-state index contributed by atoms with van der Waals surface area (Å²) in [5.41, 5.74) is 3.85. The Balaban J connectivity index is 1.21. The van der Waals surface area contributed by atoms with Gasteiger partial charge in [0.1, 0.15) is 18.0 Å². The normalized spacial score (nSPS) is 34.0. The minimum Gasteiger partial charge on any atom is -0.494 e. The van der Waals surface area contributed by atoms with E-state index in [1.165, 1.54) is 25.0 Å². The van der Waals surface area contributed by atoms with Crippen LogP contribution in [0.15, 0.2) is 60.2 Å². The maximum atomic E-state index is 12.4. The topological polar surface area (TPSA) is 79.7 Å². The molecule has 0 unspecified atom stereocenters. The van der Waals surface area contributed by atoms with Crippen LogP contribution in [0.3, 0.4) is 0 Å². The molecule has 4 aliphatic carbocycles. The number of aryl methyl sites for hydroxylation is 1. The van der Waals surface area contributed by atoms with Crippen molar-refractivity contribution in [3.63, 3.8) is 0 Å². The number of esters is 2. The fourth-order valence-electron chi connectivity index (χ4n) is 9.08. The third kappa shape index (κ3) is 5.92. The molecule has 7 atom stereocenters. The van der Waals surface area contributed by atoms with Crippen LogP contribution in [0.25, 0.3) is 6.08 Å². The SMILES string of the molecule is CC(=O)O[C@H]1CC[C@@]2(C)C(=CC[C@H]3[C@@H]4C/C(=C/c5cccc(OCCCn6ccnc6)c5)[C@H](OC(C)=O)[C@@]4(C)CC[C@@H]32)C1. The van der Waals surface area contributed by atoms with Gasteiger partial charge in [0.2, 0.25) is 0 Å². The average Bonchev–Trinajstić information content (AvgIpc) is 3.57. The molecule has 3 fully saturated rings. The number of fused-ring (bicyclic) bond motifs is 5. The molecule has 4 aliphatic rings. The van der Waals surface area contributed by atoms with Crippen molar-refractivity contribution in [2.75, 3.05) is 6.61 Å². The summed E-state index contributed by atoms with van der Waals surface area (Å²) in [6.45, 7) is 9.38. The number of aromatic nitrogens is 2. The maximum absolute atomic E-state index is 12.4. The van der Waals surface area contributed by atoms with E-state index in [1.807, 2.05) is 24.7 Å². The first kappa shape index (κ1) is 29.7. The molecule has 0 radical (unpaired) electrons. The number of ether oxygens (including phenoxy) is 3. The smallest absolute Gasteiger partial charge is 0.303 e. The van der Waals surface area contributed by atoms with E-state index in [1.54, 1.807) is 6.20 Å². The highest BCUT2D eigenvalue weighted by molar-refractivity contribution is 5.68. The Morgan fingerprint density at radius 2 is 1.91 bits per heavy atom. The van der Waals surface area contributed by atoms with E-state index >= 15 is 0 Å². The third-order valence-corrected chi connectivity index (χ3v) is 11.1. The molecular weight excluding hydrogens is 540 g/mol. The molecule has 1 aromatic carbocycles. The summed E-state index contributed by atoms with van der Waals surface area (Å²) in [5, 5.41) is 0. The summed E-state index contributed by atoms with van der Waals surface area (Å²) in [6.07, 6.45) is 18.0. The molecule has 2 aromatic rings. The van der Waals surface area contributed by atoms with Gasteiger partial charge in [-0.05, 0) is 91.4 Å². The van der Waals surface area contributed by atoms with Crippen LogP contribution in [-0.4, -0.2) is 40.3 Å². The quantitative estimate of drug-likeness (QED) is 0.185. The number of nitrogens with zero attached hydrogens (tertiary/aromatic N) is 2. The monoisotopic (exact) mass is 586 g/mol. The highest BCUT2D eigenvalue weighted by Crippen LogP contribution is 2.66. The van der Waals surface area contributed by atoms with Gasteiger partial charge in [0.15, 0.2) is 0 Å². The lowest BCUT2D eigenvalue weighted by Gasteiger charge is -2.57. The van der Waals surface area contributed by atoms with E-state index in [0.29, 0.717) is 24.4 Å². The van der Waals surface area contributed by atoms with Gasteiger partial charge in [0.05, 0.1) is 12.9 Å². The lowest BCUT2D eigenvalue weighted by atomic mass is 9.48. The Kier molecular flexibility index (Phi) is 8.27. The van der Waals surface area contributed by atoms with Crippen LogP contribution in [0, 0.1) is 28.6 Å². The highest BCUT2D eigenvalue weighted by Gasteiger charge is 2.61. The minimum absolute atomic E-state index is 0.00743. The van der Waals surface area contributed by atoms with Crippen LogP contribution in [0.4, 0.5) is 0 Å². The maximum Gasteiger partial charge on any atom is 0.303 e. The predicted octanol–water partition coefficient (Wildman–Crippen LogP) is 7.17. The number of rotatable bonds is 8. The van der Waals surface area contributed by atoms with E-state index in [-0.39, 0.29) is 35.0 Å². The molecule has 0 spiro atoms. The number of hydrogen-bond acceptors (Lipinski definition) is 6. The fraction of sp³-hybridized carbons (Fsp3) is 0.583. The van der Waals surface area contributed by atoms with Gasteiger partial charge in [-0.2, -0.15) is 0 Å². The van der Waals surface area contributed by atoms with Crippen LogP contribution >= 0.6 is 0 Å². The van der Waals surface area contributed by atoms with Gasteiger partial charge in [-0.25, -0.2) is 4.98 Å². The molecule has 0 aliphatic heterocycles. The third-order valence-electron chi connectivity index (χ3n) is 11.1. The number of hydrogen-bond donors (Lipinski definition) is 0. The van der Waals surface area contributed by atoms with Crippen molar-refractivity contribution in [3.05, 3.63) is 65.8 Å². The summed E-state index contributed by atoms with van der Waals surface area (Å²) in [4.78, 5) is 28.1. The fourth-order valence-corrected chi connectivity index (χ4v) is 9.08. The van der Waals surface area contributed by atoms with Crippen molar-refractivity contribution >= 4 is 18.0 Å². The van der Waals surface area contributed by atoms with E-state index in [0.717, 1.165) is 69.2 Å². The number of allylic oxidation sites excluding steroid dienone is 1. The van der Waals surface area contributed by atoms with Gasteiger partial charge in [-0.1, -0.05) is 43.7 Å². The molecule has 7 nitrogen and oxygen atoms in total. The molecule has 6 rings (SSSR count). The largest absolute Gasteiger partial charge is 0.494 e. The Bertz CT molecular complexity index is 1400. The standard InChI is InChI=1S/C36H46N2O5/c1-24(39)42-30-11-13-35(3)28(22-30)9-10-31-32(35)12-14-36(4)33(31)21-27(34(36)43-25(2)40)19-26-7-5-8-29(20-26)41-18-6-16-38-17-15-37-23-38/h5,7-9,15,17,19-20,23,30-34H,6,10-14,16,18,21-22H2,1-4H3/b27-19-/t30-,31+,32-,33-,34-,35-,36-/m0/s1. The van der Waals surface area contributed by atoms with E-state index < -0.39 is 0 Å². The first-order valence-corrected chi connectivity index (χ1v) is 16.1. The molecule has 0 bridgehead atoms. The molecule has 0 amide bonds. The second-order valence-corrected chi connectivity index (χ2v) is 13.8. The zero-order valence-corrected chi connectivity index (χ0v) is 26.1. The summed E-state index contributed by atoms with van der Waals surface area (Å²) < 4.78 is 19.9. The van der Waals surface area contributed by atoms with Crippen LogP contribution in [0.2, 0.25) is 0 Å². The van der Waals surface area contributed by atoms with Crippen LogP contribution < -0.4 is 4.74 Å². The van der Waals surface area contributed by atoms with Gasteiger partial charge in [0, 0.05) is 44.6 Å². The Hall–Kier alpha value is -3.35. The molecule has 1 aromatic heterocycles. The van der Waals surface area contributed by atoms with Crippen molar-refractivity contribution in [1.82, 2.24) is 9.55 Å². The van der Waals surface area contributed by atoms with Gasteiger partial charge >= 0.3 is 11.9 Å². The zero-order chi connectivity index (χ0) is 30.2. The van der Waals surface area contributed by atoms with Gasteiger partial charge in [0.25, 0.3) is 0 Å². The molecule has 0 saturated heterocycles. The summed E-state index contributed by atoms with van der Waals surface area (Å²) in [7, 11) is 0. The number of carbonyl (C=O) groups excluding carboxylic acids is 2. The van der Waals surface area contributed by atoms with E-state index in [4.69, 9.17) is 14.2 Å². The molecule has 1 heterocycles. The van der Waals surface area contributed by atoms with Crippen molar-refractivity contribution < 1.29 is 23.8 Å². The zero-order valence-electron chi connectivity index (χ0n) is 26.1. The predicted molar refractivity (Wildman–Crippen MR) is 165 cm³/mol. The Labute approximate surface area is 255 Å². The van der Waals surface area contributed by atoms with Crippen molar-refractivity contribution in [2.45, 2.75) is 97.8 Å². The molecule has 230 valence electrons. The molecule has 0 N–H and O–H groups in total. The van der Waals surface area contributed by atoms with Crippen LogP contribution in [0.5, 0.6) is 5.75 Å². The lowest BCUT2D eigenvalue weighted by Crippen LogP contribution is -2.51. The van der Waals surface area contributed by atoms with Crippen LogP contribution in [0.1, 0.15) is 84.6 Å². The van der Waals surface area contributed by atoms with Crippen molar-refractivity contribution in [3.8, 4) is 5.75 Å². The lowest BCUT2D eigenvalue weighted by molar-refractivity contribution is -0.154. The Morgan fingerprint density at radius 1 is 1.07 bits per heavy atom. The first-order valence-electron chi connectivity index (χ1n) is 16.1. The molecule has 7 heteroatoms. The minimum atomic E-state index is -0.214. The highest BCUT2D eigenvalue weighted by atomic mass is 16.5. The first-order chi connectivity index (χ1) is 20.7. The Morgan fingerprint density at radius 3 is 2.67 bits per heavy atom. The number of imidazole rings is 1. The van der Waals surface area contributed by atoms with E-state index in [9.17, 15) is 9.59 Å². The summed E-state index contributed by atoms with van der Waals surface area (Å²) in [6, 6.07) is 8.26. The van der Waals surface area contributed by atoms with Gasteiger partial charge in [-0.3, -0.25) is 9.59 Å². The number of benzene rings is 1. The summed E-state index contributed by atoms with van der Waals surface area (Å²) in [5.74, 6) is 2.06. The van der Waals surface area contributed by atoms with Crippen LogP contribution in [-0.2, 0) is 25.6 Å². The molecule has 43 heavy (non-hydrogen) atoms. The second kappa shape index (κ2) is 12.0. The molecule has 3 saturated carbocycles. The van der Waals surface area contributed by atoms with Gasteiger partial charge < -0.3 is 18.8 Å².